The lowest BCUT2D eigenvalue weighted by Gasteiger charge is -2.06. The zero-order chi connectivity index (χ0) is 14.1. The van der Waals surface area contributed by atoms with Gasteiger partial charge in [0.05, 0.1) is 5.56 Å². The maximum Gasteiger partial charge on any atom is 0.335 e. The zero-order valence-electron chi connectivity index (χ0n) is 11.3. The number of amides is 1. The number of benzene rings is 1. The summed E-state index contributed by atoms with van der Waals surface area (Å²) >= 11 is 0. The number of hydrogen-bond donors (Lipinski definition) is 2. The summed E-state index contributed by atoms with van der Waals surface area (Å²) in [7, 11) is 0. The van der Waals surface area contributed by atoms with Crippen LogP contribution >= 0.6 is 0 Å². The molecule has 0 aliphatic carbocycles. The first-order valence-corrected chi connectivity index (χ1v) is 6.76. The second kappa shape index (κ2) is 8.29. The molecule has 0 aliphatic rings. The summed E-state index contributed by atoms with van der Waals surface area (Å²) in [5.41, 5.74) is 0.721. The van der Waals surface area contributed by atoms with Gasteiger partial charge < -0.3 is 10.4 Å². The lowest BCUT2D eigenvalue weighted by Crippen LogP contribution is -2.11. The predicted octanol–water partition coefficient (Wildman–Crippen LogP) is 3.68. The number of carboxylic acids is 1. The molecule has 0 aliphatic heterocycles. The maximum absolute atomic E-state index is 11.7. The molecule has 1 aromatic rings. The molecule has 19 heavy (non-hydrogen) atoms. The van der Waals surface area contributed by atoms with Crippen LogP contribution in [-0.2, 0) is 4.79 Å². The molecule has 0 saturated carbocycles. The number of hydrogen-bond acceptors (Lipinski definition) is 2. The molecule has 0 fully saturated rings. The fourth-order valence-electron chi connectivity index (χ4n) is 1.84. The van der Waals surface area contributed by atoms with Crippen molar-refractivity contribution in [2.24, 2.45) is 0 Å². The van der Waals surface area contributed by atoms with Crippen LogP contribution in [0.15, 0.2) is 24.3 Å². The standard InChI is InChI=1S/C15H21NO3/c1-2-3-4-5-6-10-14(17)16-13-9-7-8-12(11-13)15(18)19/h7-9,11H,2-6,10H2,1H3,(H,16,17)(H,18,19). The van der Waals surface area contributed by atoms with E-state index in [0.717, 1.165) is 19.3 Å². The van der Waals surface area contributed by atoms with Crippen LogP contribution in [0.2, 0.25) is 0 Å². The molecule has 0 spiro atoms. The molecule has 0 radical (unpaired) electrons. The number of aromatic carboxylic acids is 1. The highest BCUT2D eigenvalue weighted by Crippen LogP contribution is 2.12. The number of anilines is 1. The van der Waals surface area contributed by atoms with Crippen LogP contribution in [0.5, 0.6) is 0 Å². The third-order valence-corrected chi connectivity index (χ3v) is 2.90. The SMILES string of the molecule is CCCCCCCC(=O)Nc1cccc(C(=O)O)c1. The van der Waals surface area contributed by atoms with E-state index in [0.29, 0.717) is 12.1 Å². The van der Waals surface area contributed by atoms with Crippen molar-refractivity contribution in [3.8, 4) is 0 Å². The summed E-state index contributed by atoms with van der Waals surface area (Å²) in [4.78, 5) is 22.5. The van der Waals surface area contributed by atoms with Gasteiger partial charge in [0.2, 0.25) is 5.91 Å². The predicted molar refractivity (Wildman–Crippen MR) is 75.4 cm³/mol. The minimum absolute atomic E-state index is 0.0564. The smallest absolute Gasteiger partial charge is 0.335 e. The Kier molecular flexibility index (Phi) is 6.64. The van der Waals surface area contributed by atoms with Gasteiger partial charge in [-0.2, -0.15) is 0 Å². The third-order valence-electron chi connectivity index (χ3n) is 2.90. The van der Waals surface area contributed by atoms with E-state index in [1.807, 2.05) is 0 Å². The van der Waals surface area contributed by atoms with Gasteiger partial charge in [-0.1, -0.05) is 38.7 Å². The van der Waals surface area contributed by atoms with E-state index in [-0.39, 0.29) is 11.5 Å². The molecule has 2 N–H and O–H groups in total. The number of carboxylic acid groups (broad SMARTS) is 1. The van der Waals surface area contributed by atoms with Crippen LogP contribution < -0.4 is 5.32 Å². The topological polar surface area (TPSA) is 66.4 Å². The number of carbonyl (C=O) groups is 2. The highest BCUT2D eigenvalue weighted by atomic mass is 16.4. The number of unbranched alkanes of at least 4 members (excludes halogenated alkanes) is 4. The molecule has 0 bridgehead atoms. The summed E-state index contributed by atoms with van der Waals surface area (Å²) in [6, 6.07) is 6.29. The van der Waals surface area contributed by atoms with Gasteiger partial charge in [0.15, 0.2) is 0 Å². The molecule has 104 valence electrons. The van der Waals surface area contributed by atoms with E-state index in [9.17, 15) is 9.59 Å². The molecule has 4 heteroatoms. The molecule has 1 aromatic carbocycles. The fraction of sp³-hybridized carbons (Fsp3) is 0.467. The average molecular weight is 263 g/mol. The Morgan fingerprint density at radius 2 is 1.89 bits per heavy atom. The molecular formula is C15H21NO3. The van der Waals surface area contributed by atoms with Crippen LogP contribution in [0, 0.1) is 0 Å². The lowest BCUT2D eigenvalue weighted by atomic mass is 10.1. The van der Waals surface area contributed by atoms with Gasteiger partial charge in [-0.25, -0.2) is 4.79 Å². The number of carbonyl (C=O) groups excluding carboxylic acids is 1. The summed E-state index contributed by atoms with van der Waals surface area (Å²) < 4.78 is 0. The quantitative estimate of drug-likeness (QED) is 0.703. The Bertz CT molecular complexity index is 429. The molecule has 1 rings (SSSR count). The van der Waals surface area contributed by atoms with Crippen molar-refractivity contribution in [2.45, 2.75) is 45.4 Å². The summed E-state index contributed by atoms with van der Waals surface area (Å²) in [5.74, 6) is -1.05. The maximum atomic E-state index is 11.7. The monoisotopic (exact) mass is 263 g/mol. The van der Waals surface area contributed by atoms with Crippen LogP contribution in [0.4, 0.5) is 5.69 Å². The first-order chi connectivity index (χ1) is 9.13. The van der Waals surface area contributed by atoms with Crippen LogP contribution in [0.25, 0.3) is 0 Å². The van der Waals surface area contributed by atoms with E-state index in [1.54, 1.807) is 12.1 Å². The molecule has 4 nitrogen and oxygen atoms in total. The van der Waals surface area contributed by atoms with E-state index < -0.39 is 5.97 Å². The van der Waals surface area contributed by atoms with Gasteiger partial charge in [0, 0.05) is 12.1 Å². The van der Waals surface area contributed by atoms with Crippen molar-refractivity contribution in [1.29, 1.82) is 0 Å². The summed E-state index contributed by atoms with van der Waals surface area (Å²) in [6.45, 7) is 2.15. The van der Waals surface area contributed by atoms with Crippen molar-refractivity contribution in [2.75, 3.05) is 5.32 Å². The molecule has 0 unspecified atom stereocenters. The Morgan fingerprint density at radius 1 is 1.16 bits per heavy atom. The Balaban J connectivity index is 2.35. The third kappa shape index (κ3) is 6.04. The van der Waals surface area contributed by atoms with Gasteiger partial charge >= 0.3 is 5.97 Å². The Labute approximate surface area is 113 Å². The van der Waals surface area contributed by atoms with E-state index >= 15 is 0 Å². The molecular weight excluding hydrogens is 242 g/mol. The summed E-state index contributed by atoms with van der Waals surface area (Å²) in [5, 5.41) is 11.6. The molecule has 1 amide bonds. The van der Waals surface area contributed by atoms with Crippen molar-refractivity contribution >= 4 is 17.6 Å². The minimum Gasteiger partial charge on any atom is -0.478 e. The Hall–Kier alpha value is -1.84. The first-order valence-electron chi connectivity index (χ1n) is 6.76. The van der Waals surface area contributed by atoms with Crippen LogP contribution in [-0.4, -0.2) is 17.0 Å². The van der Waals surface area contributed by atoms with Gasteiger partial charge in [-0.15, -0.1) is 0 Å². The van der Waals surface area contributed by atoms with E-state index in [2.05, 4.69) is 12.2 Å². The van der Waals surface area contributed by atoms with Crippen molar-refractivity contribution in [1.82, 2.24) is 0 Å². The van der Waals surface area contributed by atoms with Crippen molar-refractivity contribution < 1.29 is 14.7 Å². The molecule has 0 aromatic heterocycles. The van der Waals surface area contributed by atoms with Crippen LogP contribution in [0.1, 0.15) is 55.8 Å². The van der Waals surface area contributed by atoms with Crippen molar-refractivity contribution in [3.63, 3.8) is 0 Å². The van der Waals surface area contributed by atoms with E-state index in [4.69, 9.17) is 5.11 Å². The number of nitrogens with one attached hydrogen (secondary N) is 1. The van der Waals surface area contributed by atoms with Crippen LogP contribution in [0.3, 0.4) is 0 Å². The molecule has 0 atom stereocenters. The van der Waals surface area contributed by atoms with E-state index in [1.165, 1.54) is 25.0 Å². The first kappa shape index (κ1) is 15.2. The average Bonchev–Trinajstić information content (AvgIpc) is 2.38. The van der Waals surface area contributed by atoms with Crippen molar-refractivity contribution in [3.05, 3.63) is 29.8 Å². The van der Waals surface area contributed by atoms with Gasteiger partial charge in [0.25, 0.3) is 0 Å². The van der Waals surface area contributed by atoms with Gasteiger partial charge in [-0.05, 0) is 24.6 Å². The van der Waals surface area contributed by atoms with Gasteiger partial charge in [0.1, 0.15) is 0 Å². The molecule has 0 saturated heterocycles. The second-order valence-corrected chi connectivity index (χ2v) is 4.60. The molecule has 0 heterocycles. The van der Waals surface area contributed by atoms with Gasteiger partial charge in [-0.3, -0.25) is 4.79 Å². The zero-order valence-corrected chi connectivity index (χ0v) is 11.3. The highest BCUT2D eigenvalue weighted by Gasteiger charge is 2.06. The number of rotatable bonds is 8. The Morgan fingerprint density at radius 3 is 2.58 bits per heavy atom. The largest absolute Gasteiger partial charge is 0.478 e. The second-order valence-electron chi connectivity index (χ2n) is 4.60. The minimum atomic E-state index is -0.990. The highest BCUT2D eigenvalue weighted by molar-refractivity contribution is 5.93. The summed E-state index contributed by atoms with van der Waals surface area (Å²) in [6.07, 6.45) is 6.00. The lowest BCUT2D eigenvalue weighted by molar-refractivity contribution is -0.116. The fourth-order valence-corrected chi connectivity index (χ4v) is 1.84. The normalized spacial score (nSPS) is 10.2.